The molecule has 0 spiro atoms. The van der Waals surface area contributed by atoms with Crippen molar-refractivity contribution in [3.8, 4) is 5.82 Å². The molecular weight excluding hydrogens is 574 g/mol. The standard InChI is InChI=1S/C24H16Cl2F3N7O3.CH4/c1-12-9-13(25)10-14(21(37)33-34-22(38)16-6-2-3-7-30-16)19(12)32-23(39)17-11-18(24(27,28)29)35-36(17)20-15(26)5-4-8-31-20;/h2-11H,1H3,(H,32,39)(H,33,37)(H,34,38);1H4. The van der Waals surface area contributed by atoms with Crippen LogP contribution in [0.15, 0.2) is 60.9 Å². The minimum Gasteiger partial charge on any atom is -0.320 e. The van der Waals surface area contributed by atoms with Gasteiger partial charge in [0.25, 0.3) is 17.7 Å². The monoisotopic (exact) mass is 593 g/mol. The first kappa shape index (κ1) is 30.1. The quantitative estimate of drug-likeness (QED) is 0.270. The van der Waals surface area contributed by atoms with E-state index >= 15 is 0 Å². The lowest BCUT2D eigenvalue weighted by atomic mass is 10.1. The Morgan fingerprint density at radius 2 is 1.60 bits per heavy atom. The first-order valence-corrected chi connectivity index (χ1v) is 11.6. The van der Waals surface area contributed by atoms with Gasteiger partial charge >= 0.3 is 6.18 Å². The van der Waals surface area contributed by atoms with E-state index < -0.39 is 35.3 Å². The summed E-state index contributed by atoms with van der Waals surface area (Å²) >= 11 is 12.2. The molecule has 10 nitrogen and oxygen atoms in total. The van der Waals surface area contributed by atoms with Crippen LogP contribution < -0.4 is 16.2 Å². The summed E-state index contributed by atoms with van der Waals surface area (Å²) in [6.07, 6.45) is -2.23. The molecule has 3 N–H and O–H groups in total. The number of aromatic nitrogens is 4. The molecule has 0 unspecified atom stereocenters. The molecule has 1 aromatic carbocycles. The second kappa shape index (κ2) is 12.1. The second-order valence-corrected chi connectivity index (χ2v) is 8.70. The summed E-state index contributed by atoms with van der Waals surface area (Å²) in [5, 5.41) is 5.97. The number of benzene rings is 1. The summed E-state index contributed by atoms with van der Waals surface area (Å²) in [7, 11) is 0. The van der Waals surface area contributed by atoms with Crippen molar-refractivity contribution in [3.63, 3.8) is 0 Å². The minimum atomic E-state index is -4.88. The van der Waals surface area contributed by atoms with Crippen LogP contribution >= 0.6 is 23.2 Å². The van der Waals surface area contributed by atoms with Gasteiger partial charge in [0.15, 0.2) is 11.5 Å². The van der Waals surface area contributed by atoms with Gasteiger partial charge in [0.2, 0.25) is 0 Å². The van der Waals surface area contributed by atoms with Crippen LogP contribution in [0.2, 0.25) is 10.0 Å². The maximum absolute atomic E-state index is 13.5. The Kier molecular flexibility index (Phi) is 9.12. The fourth-order valence-corrected chi connectivity index (χ4v) is 3.86. The average Bonchev–Trinajstić information content (AvgIpc) is 3.35. The van der Waals surface area contributed by atoms with E-state index in [0.29, 0.717) is 16.3 Å². The molecule has 0 saturated carbocycles. The third-order valence-electron chi connectivity index (χ3n) is 5.14. The third-order valence-corrected chi connectivity index (χ3v) is 5.66. The van der Waals surface area contributed by atoms with Crippen LogP contribution in [0.3, 0.4) is 0 Å². The summed E-state index contributed by atoms with van der Waals surface area (Å²) in [6.45, 7) is 1.51. The van der Waals surface area contributed by atoms with Gasteiger partial charge in [-0.25, -0.2) is 9.67 Å². The topological polar surface area (TPSA) is 131 Å². The molecule has 0 aliphatic rings. The number of anilines is 1. The van der Waals surface area contributed by atoms with Crippen molar-refractivity contribution in [1.29, 1.82) is 0 Å². The lowest BCUT2D eigenvalue weighted by molar-refractivity contribution is -0.141. The van der Waals surface area contributed by atoms with E-state index in [1.165, 1.54) is 49.6 Å². The van der Waals surface area contributed by atoms with Gasteiger partial charge in [0.1, 0.15) is 11.4 Å². The molecule has 3 aromatic heterocycles. The average molecular weight is 594 g/mol. The predicted molar refractivity (Wildman–Crippen MR) is 141 cm³/mol. The van der Waals surface area contributed by atoms with Crippen molar-refractivity contribution in [2.75, 3.05) is 5.32 Å². The highest BCUT2D eigenvalue weighted by atomic mass is 35.5. The summed E-state index contributed by atoms with van der Waals surface area (Å²) in [6, 6.07) is 10.6. The Morgan fingerprint density at radius 3 is 2.25 bits per heavy atom. The van der Waals surface area contributed by atoms with Gasteiger partial charge in [-0.3, -0.25) is 30.2 Å². The Bertz CT molecular complexity index is 1580. The highest BCUT2D eigenvalue weighted by Crippen LogP contribution is 2.31. The molecule has 0 saturated heterocycles. The van der Waals surface area contributed by atoms with Gasteiger partial charge in [-0.2, -0.15) is 18.3 Å². The predicted octanol–water partition coefficient (Wildman–Crippen LogP) is 5.26. The molecule has 3 heterocycles. The lowest BCUT2D eigenvalue weighted by Crippen LogP contribution is -2.42. The highest BCUT2D eigenvalue weighted by Gasteiger charge is 2.37. The number of aryl methyl sites for hydroxylation is 1. The number of rotatable bonds is 5. The van der Waals surface area contributed by atoms with Gasteiger partial charge in [0, 0.05) is 23.5 Å². The number of hydrogen-bond donors (Lipinski definition) is 3. The fourth-order valence-electron chi connectivity index (χ4n) is 3.38. The van der Waals surface area contributed by atoms with Crippen LogP contribution in [0.5, 0.6) is 0 Å². The molecule has 0 aliphatic heterocycles. The summed E-state index contributed by atoms with van der Waals surface area (Å²) < 4.78 is 41.1. The number of hydrazine groups is 1. The van der Waals surface area contributed by atoms with Gasteiger partial charge in [0.05, 0.1) is 16.3 Å². The summed E-state index contributed by atoms with van der Waals surface area (Å²) in [5.41, 5.74) is 2.51. The maximum atomic E-state index is 13.5. The van der Waals surface area contributed by atoms with Crippen molar-refractivity contribution < 1.29 is 27.6 Å². The molecule has 40 heavy (non-hydrogen) atoms. The normalized spacial score (nSPS) is 10.8. The van der Waals surface area contributed by atoms with Crippen LogP contribution in [-0.2, 0) is 6.18 Å². The maximum Gasteiger partial charge on any atom is 0.435 e. The molecule has 4 rings (SSSR count). The molecule has 4 aromatic rings. The van der Waals surface area contributed by atoms with E-state index in [1.807, 2.05) is 0 Å². The van der Waals surface area contributed by atoms with Crippen molar-refractivity contribution in [3.05, 3.63) is 99.2 Å². The zero-order valence-corrected chi connectivity index (χ0v) is 21.2. The molecule has 208 valence electrons. The number of carbonyl (C=O) groups is 3. The zero-order valence-electron chi connectivity index (χ0n) is 19.7. The van der Waals surface area contributed by atoms with E-state index in [2.05, 4.69) is 31.2 Å². The van der Waals surface area contributed by atoms with Crippen molar-refractivity contribution >= 4 is 46.6 Å². The van der Waals surface area contributed by atoms with E-state index in [-0.39, 0.29) is 40.2 Å². The molecule has 0 atom stereocenters. The molecule has 0 aliphatic carbocycles. The number of pyridine rings is 2. The van der Waals surface area contributed by atoms with Gasteiger partial charge in [-0.1, -0.05) is 36.7 Å². The fraction of sp³-hybridized carbons (Fsp3) is 0.120. The van der Waals surface area contributed by atoms with Crippen LogP contribution in [0.25, 0.3) is 5.82 Å². The molecule has 15 heteroatoms. The summed E-state index contributed by atoms with van der Waals surface area (Å²) in [5.74, 6) is -2.87. The Hall–Kier alpha value is -4.49. The van der Waals surface area contributed by atoms with Gasteiger partial charge < -0.3 is 5.32 Å². The Labute approximate surface area is 235 Å². The van der Waals surface area contributed by atoms with E-state index in [9.17, 15) is 27.6 Å². The van der Waals surface area contributed by atoms with Crippen LogP contribution in [0.4, 0.5) is 18.9 Å². The SMILES string of the molecule is C.Cc1cc(Cl)cc(C(=O)NNC(=O)c2ccccn2)c1NC(=O)c1cc(C(F)(F)F)nn1-c1ncccc1Cl. The van der Waals surface area contributed by atoms with Crippen molar-refractivity contribution in [2.24, 2.45) is 0 Å². The highest BCUT2D eigenvalue weighted by molar-refractivity contribution is 6.32. The van der Waals surface area contributed by atoms with Crippen LogP contribution in [0.1, 0.15) is 50.0 Å². The smallest absolute Gasteiger partial charge is 0.320 e. The minimum absolute atomic E-state index is 0. The van der Waals surface area contributed by atoms with Crippen molar-refractivity contribution in [2.45, 2.75) is 20.5 Å². The summed E-state index contributed by atoms with van der Waals surface area (Å²) in [4.78, 5) is 46.2. The van der Waals surface area contributed by atoms with E-state index in [0.717, 1.165) is 0 Å². The lowest BCUT2D eigenvalue weighted by Gasteiger charge is -2.15. The second-order valence-electron chi connectivity index (χ2n) is 7.86. The molecule has 0 radical (unpaired) electrons. The van der Waals surface area contributed by atoms with Crippen LogP contribution in [-0.4, -0.2) is 37.5 Å². The number of halogens is 5. The van der Waals surface area contributed by atoms with E-state index in [4.69, 9.17) is 23.2 Å². The van der Waals surface area contributed by atoms with Crippen molar-refractivity contribution in [1.82, 2.24) is 30.6 Å². The number of amides is 3. The first-order valence-electron chi connectivity index (χ1n) is 10.9. The Morgan fingerprint density at radius 1 is 0.900 bits per heavy atom. The van der Waals surface area contributed by atoms with Crippen LogP contribution in [0, 0.1) is 6.92 Å². The number of carbonyl (C=O) groups excluding carboxylic acids is 3. The third kappa shape index (κ3) is 6.55. The Balaban J connectivity index is 0.00000441. The number of nitrogens with one attached hydrogen (secondary N) is 3. The van der Waals surface area contributed by atoms with E-state index in [1.54, 1.807) is 12.1 Å². The molecule has 3 amide bonds. The molecule has 0 bridgehead atoms. The number of nitrogens with zero attached hydrogens (tertiary/aromatic N) is 4. The first-order chi connectivity index (χ1) is 18.5. The molecular formula is C25H20Cl2F3N7O3. The zero-order chi connectivity index (χ0) is 28.3. The molecule has 0 fully saturated rings. The van der Waals surface area contributed by atoms with Gasteiger partial charge in [-0.05, 0) is 48.9 Å². The number of alkyl halides is 3. The number of hydrogen-bond acceptors (Lipinski definition) is 6. The largest absolute Gasteiger partial charge is 0.435 e. The van der Waals surface area contributed by atoms with Gasteiger partial charge in [-0.15, -0.1) is 0 Å².